The normalized spacial score (nSPS) is 10.3. The van der Waals surface area contributed by atoms with Gasteiger partial charge in [-0.2, -0.15) is 0 Å². The van der Waals surface area contributed by atoms with Crippen LogP contribution in [0.15, 0.2) is 35.5 Å². The summed E-state index contributed by atoms with van der Waals surface area (Å²) in [5.41, 5.74) is 3.47. The van der Waals surface area contributed by atoms with Gasteiger partial charge in [-0.1, -0.05) is 41.6 Å². The number of carbonyl (C=O) groups is 1. The molecular formula is C15H17N3OS. The van der Waals surface area contributed by atoms with Gasteiger partial charge in [0.25, 0.3) is 5.91 Å². The third-order valence-corrected chi connectivity index (χ3v) is 3.33. The van der Waals surface area contributed by atoms with E-state index < -0.39 is 0 Å². The summed E-state index contributed by atoms with van der Waals surface area (Å²) >= 11 is 1.43. The predicted octanol–water partition coefficient (Wildman–Crippen LogP) is 2.75. The largest absolute Gasteiger partial charge is 0.347 e. The van der Waals surface area contributed by atoms with Crippen LogP contribution in [0.1, 0.15) is 27.3 Å². The Morgan fingerprint density at radius 2 is 2.05 bits per heavy atom. The number of amides is 1. The highest BCUT2D eigenvalue weighted by Crippen LogP contribution is 2.10. The second-order valence-corrected chi connectivity index (χ2v) is 5.33. The molecule has 1 N–H and O–H groups in total. The third kappa shape index (κ3) is 3.81. The first-order valence-electron chi connectivity index (χ1n) is 6.32. The molecule has 0 aliphatic rings. The molecule has 0 radical (unpaired) electrons. The fraction of sp³-hybridized carbons (Fsp3) is 0.267. The number of thioether (sulfide) groups is 1. The minimum Gasteiger partial charge on any atom is -0.347 e. The summed E-state index contributed by atoms with van der Waals surface area (Å²) in [5, 5.41) is 3.50. The zero-order chi connectivity index (χ0) is 14.5. The molecule has 0 bridgehead atoms. The minimum atomic E-state index is -0.174. The van der Waals surface area contributed by atoms with Crippen LogP contribution >= 0.6 is 11.8 Å². The lowest BCUT2D eigenvalue weighted by Gasteiger charge is -2.07. The molecule has 1 heterocycles. The van der Waals surface area contributed by atoms with Gasteiger partial charge >= 0.3 is 0 Å². The van der Waals surface area contributed by atoms with Crippen molar-refractivity contribution in [3.05, 3.63) is 52.8 Å². The maximum Gasteiger partial charge on any atom is 0.270 e. The number of nitrogens with one attached hydrogen (secondary N) is 1. The highest BCUT2D eigenvalue weighted by molar-refractivity contribution is 7.98. The van der Waals surface area contributed by atoms with Crippen LogP contribution in [0.5, 0.6) is 0 Å². The summed E-state index contributed by atoms with van der Waals surface area (Å²) in [6.45, 7) is 4.39. The van der Waals surface area contributed by atoms with Crippen molar-refractivity contribution in [1.82, 2.24) is 15.3 Å². The molecule has 0 fully saturated rings. The standard InChI is InChI=1S/C15H17N3OS/c1-10-5-4-6-12(7-10)9-16-14(19)13-8-11(2)17-15(18-13)20-3/h4-8H,9H2,1-3H3,(H,16,19). The van der Waals surface area contributed by atoms with Crippen molar-refractivity contribution in [2.45, 2.75) is 25.5 Å². The van der Waals surface area contributed by atoms with Crippen molar-refractivity contribution >= 4 is 17.7 Å². The molecule has 4 nitrogen and oxygen atoms in total. The summed E-state index contributed by atoms with van der Waals surface area (Å²) in [7, 11) is 0. The molecule has 0 unspecified atom stereocenters. The maximum atomic E-state index is 12.1. The van der Waals surface area contributed by atoms with E-state index in [4.69, 9.17) is 0 Å². The van der Waals surface area contributed by atoms with Gasteiger partial charge in [-0.3, -0.25) is 4.79 Å². The van der Waals surface area contributed by atoms with E-state index in [1.165, 1.54) is 17.3 Å². The molecule has 104 valence electrons. The summed E-state index contributed by atoms with van der Waals surface area (Å²) < 4.78 is 0. The molecule has 0 atom stereocenters. The number of hydrogen-bond acceptors (Lipinski definition) is 4. The van der Waals surface area contributed by atoms with Gasteiger partial charge in [0.05, 0.1) is 0 Å². The van der Waals surface area contributed by atoms with Crippen LogP contribution in [0.2, 0.25) is 0 Å². The summed E-state index contributed by atoms with van der Waals surface area (Å²) in [5.74, 6) is -0.174. The highest BCUT2D eigenvalue weighted by Gasteiger charge is 2.10. The van der Waals surface area contributed by atoms with E-state index in [1.54, 1.807) is 6.07 Å². The average molecular weight is 287 g/mol. The molecular weight excluding hydrogens is 270 g/mol. The monoisotopic (exact) mass is 287 g/mol. The predicted molar refractivity (Wildman–Crippen MR) is 80.9 cm³/mol. The molecule has 0 saturated carbocycles. The van der Waals surface area contributed by atoms with Crippen LogP contribution in [-0.4, -0.2) is 22.1 Å². The topological polar surface area (TPSA) is 54.9 Å². The van der Waals surface area contributed by atoms with Gasteiger partial charge in [0, 0.05) is 12.2 Å². The summed E-state index contributed by atoms with van der Waals surface area (Å²) in [4.78, 5) is 20.6. The summed E-state index contributed by atoms with van der Waals surface area (Å²) in [6, 6.07) is 9.76. The molecule has 0 aliphatic heterocycles. The van der Waals surface area contributed by atoms with E-state index in [-0.39, 0.29) is 5.91 Å². The first kappa shape index (κ1) is 14.5. The van der Waals surface area contributed by atoms with Crippen molar-refractivity contribution in [2.24, 2.45) is 0 Å². The molecule has 20 heavy (non-hydrogen) atoms. The van der Waals surface area contributed by atoms with E-state index in [0.717, 1.165) is 11.3 Å². The lowest BCUT2D eigenvalue weighted by Crippen LogP contribution is -2.24. The van der Waals surface area contributed by atoms with Gasteiger partial charge in [0.2, 0.25) is 0 Å². The Bertz CT molecular complexity index is 628. The maximum absolute atomic E-state index is 12.1. The van der Waals surface area contributed by atoms with Crippen LogP contribution in [0, 0.1) is 13.8 Å². The molecule has 0 saturated heterocycles. The van der Waals surface area contributed by atoms with Crippen LogP contribution in [0.3, 0.4) is 0 Å². The quantitative estimate of drug-likeness (QED) is 0.694. The Morgan fingerprint density at radius 3 is 2.75 bits per heavy atom. The zero-order valence-electron chi connectivity index (χ0n) is 11.8. The van der Waals surface area contributed by atoms with Gasteiger partial charge in [0.15, 0.2) is 5.16 Å². The number of benzene rings is 1. The molecule has 1 aromatic carbocycles. The number of aryl methyl sites for hydroxylation is 2. The molecule has 1 aromatic heterocycles. The zero-order valence-corrected chi connectivity index (χ0v) is 12.6. The number of aromatic nitrogens is 2. The first-order chi connectivity index (χ1) is 9.58. The molecule has 1 amide bonds. The lowest BCUT2D eigenvalue weighted by atomic mass is 10.1. The van der Waals surface area contributed by atoms with Crippen molar-refractivity contribution < 1.29 is 4.79 Å². The third-order valence-electron chi connectivity index (χ3n) is 2.78. The molecule has 5 heteroatoms. The van der Waals surface area contributed by atoms with Crippen molar-refractivity contribution in [3.8, 4) is 0 Å². The van der Waals surface area contributed by atoms with Gasteiger partial charge < -0.3 is 5.32 Å². The molecule has 0 aliphatic carbocycles. The van der Waals surface area contributed by atoms with Gasteiger partial charge in [-0.25, -0.2) is 9.97 Å². The molecule has 2 aromatic rings. The van der Waals surface area contributed by atoms with E-state index in [9.17, 15) is 4.79 Å². The van der Waals surface area contributed by atoms with E-state index in [2.05, 4.69) is 21.4 Å². The van der Waals surface area contributed by atoms with Gasteiger partial charge in [-0.15, -0.1) is 0 Å². The van der Waals surface area contributed by atoms with E-state index in [0.29, 0.717) is 17.4 Å². The molecule has 0 spiro atoms. The number of rotatable bonds is 4. The van der Waals surface area contributed by atoms with Gasteiger partial charge in [0.1, 0.15) is 5.69 Å². The van der Waals surface area contributed by atoms with E-state index in [1.807, 2.05) is 38.3 Å². The fourth-order valence-corrected chi connectivity index (χ4v) is 2.27. The first-order valence-corrected chi connectivity index (χ1v) is 7.54. The minimum absolute atomic E-state index is 0.174. The Labute approximate surface area is 123 Å². The average Bonchev–Trinajstić information content (AvgIpc) is 2.44. The van der Waals surface area contributed by atoms with Crippen molar-refractivity contribution in [2.75, 3.05) is 6.26 Å². The highest BCUT2D eigenvalue weighted by atomic mass is 32.2. The smallest absolute Gasteiger partial charge is 0.270 e. The van der Waals surface area contributed by atoms with Crippen molar-refractivity contribution in [3.63, 3.8) is 0 Å². The summed E-state index contributed by atoms with van der Waals surface area (Å²) in [6.07, 6.45) is 1.89. The number of carbonyl (C=O) groups excluding carboxylic acids is 1. The second kappa shape index (κ2) is 6.52. The molecule has 2 rings (SSSR count). The van der Waals surface area contributed by atoms with E-state index >= 15 is 0 Å². The second-order valence-electron chi connectivity index (χ2n) is 4.55. The fourth-order valence-electron chi connectivity index (χ4n) is 1.84. The Morgan fingerprint density at radius 1 is 1.25 bits per heavy atom. The van der Waals surface area contributed by atoms with Gasteiger partial charge in [-0.05, 0) is 31.7 Å². The number of hydrogen-bond donors (Lipinski definition) is 1. The van der Waals surface area contributed by atoms with Crippen molar-refractivity contribution in [1.29, 1.82) is 0 Å². The Kier molecular flexibility index (Phi) is 4.74. The lowest BCUT2D eigenvalue weighted by molar-refractivity contribution is 0.0945. The number of nitrogens with zero attached hydrogens (tertiary/aromatic N) is 2. The van der Waals surface area contributed by atoms with Crippen LogP contribution in [0.25, 0.3) is 0 Å². The van der Waals surface area contributed by atoms with Crippen LogP contribution in [0.4, 0.5) is 0 Å². The van der Waals surface area contributed by atoms with Crippen LogP contribution in [-0.2, 0) is 6.54 Å². The van der Waals surface area contributed by atoms with Crippen LogP contribution < -0.4 is 5.32 Å². The SMILES string of the molecule is CSc1nc(C)cc(C(=O)NCc2cccc(C)c2)n1. The Balaban J connectivity index is 2.07. The Hall–Kier alpha value is -1.88.